The molecule has 4 atom stereocenters. The summed E-state index contributed by atoms with van der Waals surface area (Å²) >= 11 is 0. The molecule has 1 saturated carbocycles. The van der Waals surface area contributed by atoms with Crippen molar-refractivity contribution in [2.24, 2.45) is 17.3 Å². The molecule has 0 spiro atoms. The number of carbonyl (C=O) groups is 2. The van der Waals surface area contributed by atoms with Crippen LogP contribution in [0.4, 0.5) is 0 Å². The first kappa shape index (κ1) is 25.6. The van der Waals surface area contributed by atoms with Crippen molar-refractivity contribution in [2.45, 2.75) is 103 Å². The van der Waals surface area contributed by atoms with Crippen molar-refractivity contribution in [3.8, 4) is 0 Å². The molecule has 1 aromatic carbocycles. The van der Waals surface area contributed by atoms with Crippen LogP contribution in [-0.4, -0.2) is 28.1 Å². The third kappa shape index (κ3) is 6.90. The van der Waals surface area contributed by atoms with E-state index in [0.717, 1.165) is 50.5 Å². The molecule has 1 aliphatic carbocycles. The number of carboxylic acids is 1. The van der Waals surface area contributed by atoms with Crippen molar-refractivity contribution >= 4 is 11.8 Å². The predicted molar refractivity (Wildman–Crippen MR) is 125 cm³/mol. The Morgan fingerprint density at radius 1 is 1.06 bits per heavy atom. The number of ketones is 1. The van der Waals surface area contributed by atoms with E-state index in [1.54, 1.807) is 0 Å². The van der Waals surface area contributed by atoms with Crippen molar-refractivity contribution in [2.75, 3.05) is 0 Å². The fourth-order valence-electron chi connectivity index (χ4n) is 5.52. The Kier molecular flexibility index (Phi) is 10.7. The number of hydrogen-bond donors (Lipinski definition) is 2. The number of carboxylic acid groups (broad SMARTS) is 1. The maximum Gasteiger partial charge on any atom is 0.310 e. The van der Waals surface area contributed by atoms with Crippen LogP contribution in [0, 0.1) is 17.3 Å². The van der Waals surface area contributed by atoms with E-state index in [4.69, 9.17) is 0 Å². The highest BCUT2D eigenvalue weighted by atomic mass is 16.4. The minimum atomic E-state index is -1.09. The SMILES string of the molecule is CCCCCC(O)CCC(C(=O)O)(C(CCCC)Cc1ccccc1)C1CCCC1=O. The summed E-state index contributed by atoms with van der Waals surface area (Å²) in [5, 5.41) is 21.2. The van der Waals surface area contributed by atoms with E-state index in [0.29, 0.717) is 38.5 Å². The van der Waals surface area contributed by atoms with Gasteiger partial charge in [-0.25, -0.2) is 0 Å². The molecular weight excluding hydrogens is 388 g/mol. The van der Waals surface area contributed by atoms with Gasteiger partial charge in [0.1, 0.15) is 5.78 Å². The van der Waals surface area contributed by atoms with Gasteiger partial charge in [-0.3, -0.25) is 9.59 Å². The molecule has 1 aromatic rings. The quantitative estimate of drug-likeness (QED) is 0.325. The number of benzene rings is 1. The van der Waals surface area contributed by atoms with Crippen LogP contribution < -0.4 is 0 Å². The lowest BCUT2D eigenvalue weighted by molar-refractivity contribution is -0.162. The minimum Gasteiger partial charge on any atom is -0.481 e. The van der Waals surface area contributed by atoms with E-state index in [2.05, 4.69) is 26.0 Å². The summed E-state index contributed by atoms with van der Waals surface area (Å²) in [5.74, 6) is -1.27. The number of aliphatic hydroxyl groups is 1. The average Bonchev–Trinajstić information content (AvgIpc) is 3.19. The molecule has 0 heterocycles. The molecular formula is C27H42O4. The fourth-order valence-corrected chi connectivity index (χ4v) is 5.52. The van der Waals surface area contributed by atoms with E-state index in [1.807, 2.05) is 18.2 Å². The van der Waals surface area contributed by atoms with Gasteiger partial charge < -0.3 is 10.2 Å². The summed E-state index contributed by atoms with van der Waals surface area (Å²) in [7, 11) is 0. The van der Waals surface area contributed by atoms with Crippen molar-refractivity contribution in [3.05, 3.63) is 35.9 Å². The van der Waals surface area contributed by atoms with E-state index in [-0.39, 0.29) is 11.7 Å². The molecule has 4 nitrogen and oxygen atoms in total. The normalized spacial score (nSPS) is 20.4. The topological polar surface area (TPSA) is 74.6 Å². The largest absolute Gasteiger partial charge is 0.481 e. The highest BCUT2D eigenvalue weighted by molar-refractivity contribution is 5.90. The van der Waals surface area contributed by atoms with Crippen LogP contribution in [0.5, 0.6) is 0 Å². The lowest BCUT2D eigenvalue weighted by Gasteiger charge is -2.42. The van der Waals surface area contributed by atoms with Crippen LogP contribution in [-0.2, 0) is 16.0 Å². The number of hydrogen-bond acceptors (Lipinski definition) is 3. The third-order valence-electron chi connectivity index (χ3n) is 7.32. The number of unbranched alkanes of at least 4 members (excludes halogenated alkanes) is 3. The summed E-state index contributed by atoms with van der Waals surface area (Å²) in [6, 6.07) is 10.1. The maximum absolute atomic E-state index is 13.0. The van der Waals surface area contributed by atoms with E-state index < -0.39 is 23.4 Å². The molecule has 2 rings (SSSR count). The van der Waals surface area contributed by atoms with Crippen LogP contribution in [0.1, 0.15) is 96.5 Å². The molecule has 0 amide bonds. The predicted octanol–water partition coefficient (Wildman–Crippen LogP) is 6.20. The van der Waals surface area contributed by atoms with Gasteiger partial charge in [-0.1, -0.05) is 76.3 Å². The second kappa shape index (κ2) is 13.0. The zero-order chi connectivity index (χ0) is 22.7. The smallest absolute Gasteiger partial charge is 0.310 e. The summed E-state index contributed by atoms with van der Waals surface area (Å²) in [6.07, 6.45) is 9.54. The molecule has 1 fully saturated rings. The van der Waals surface area contributed by atoms with Crippen molar-refractivity contribution < 1.29 is 19.8 Å². The molecule has 0 saturated heterocycles. The molecule has 0 aliphatic heterocycles. The molecule has 174 valence electrons. The van der Waals surface area contributed by atoms with E-state index >= 15 is 0 Å². The highest BCUT2D eigenvalue weighted by Crippen LogP contribution is 2.50. The molecule has 1 aliphatic rings. The second-order valence-corrected chi connectivity index (χ2v) is 9.47. The Hall–Kier alpha value is -1.68. The number of rotatable bonds is 15. The number of carbonyl (C=O) groups excluding carboxylic acids is 1. The van der Waals surface area contributed by atoms with Gasteiger partial charge in [0.15, 0.2) is 0 Å². The molecule has 0 aromatic heterocycles. The number of Topliss-reactive ketones (excluding diaryl/α,β-unsaturated/α-hetero) is 1. The Morgan fingerprint density at radius 3 is 2.35 bits per heavy atom. The molecule has 2 N–H and O–H groups in total. The van der Waals surface area contributed by atoms with Crippen molar-refractivity contribution in [3.63, 3.8) is 0 Å². The zero-order valence-corrected chi connectivity index (χ0v) is 19.5. The fraction of sp³-hybridized carbons (Fsp3) is 0.704. The maximum atomic E-state index is 13.0. The Morgan fingerprint density at radius 2 is 1.77 bits per heavy atom. The lowest BCUT2D eigenvalue weighted by Crippen LogP contribution is -2.48. The zero-order valence-electron chi connectivity index (χ0n) is 19.5. The lowest BCUT2D eigenvalue weighted by atomic mass is 9.59. The second-order valence-electron chi connectivity index (χ2n) is 9.47. The summed E-state index contributed by atoms with van der Waals surface area (Å²) < 4.78 is 0. The van der Waals surface area contributed by atoms with E-state index in [1.165, 1.54) is 0 Å². The van der Waals surface area contributed by atoms with Crippen molar-refractivity contribution in [1.82, 2.24) is 0 Å². The minimum absolute atomic E-state index is 0.109. The Balaban J connectivity index is 2.35. The van der Waals surface area contributed by atoms with Gasteiger partial charge in [-0.05, 0) is 56.4 Å². The van der Waals surface area contributed by atoms with Crippen LogP contribution in [0.3, 0.4) is 0 Å². The molecule has 0 bridgehead atoms. The molecule has 4 heteroatoms. The number of aliphatic carboxylic acids is 1. The summed E-state index contributed by atoms with van der Waals surface area (Å²) in [6.45, 7) is 4.26. The summed E-state index contributed by atoms with van der Waals surface area (Å²) in [5.41, 5.74) is 0.0350. The van der Waals surface area contributed by atoms with Crippen LogP contribution in [0.2, 0.25) is 0 Å². The van der Waals surface area contributed by atoms with Gasteiger partial charge in [0, 0.05) is 12.3 Å². The first-order valence-electron chi connectivity index (χ1n) is 12.4. The van der Waals surface area contributed by atoms with Crippen LogP contribution in [0.15, 0.2) is 30.3 Å². The van der Waals surface area contributed by atoms with Gasteiger partial charge in [0.05, 0.1) is 11.5 Å². The summed E-state index contributed by atoms with van der Waals surface area (Å²) in [4.78, 5) is 25.9. The van der Waals surface area contributed by atoms with Crippen molar-refractivity contribution in [1.29, 1.82) is 0 Å². The number of aliphatic hydroxyl groups excluding tert-OH is 1. The standard InChI is InChI=1S/C27H42O4/c1-3-5-8-15-23(28)18-19-27(26(30)31,24-16-11-17-25(24)29)22(14-6-4-2)20-21-12-9-7-10-13-21/h7,9-10,12-13,22-24,28H,3-6,8,11,14-20H2,1-2H3,(H,30,31). The first-order chi connectivity index (χ1) is 15.0. The van der Waals surface area contributed by atoms with Gasteiger partial charge in [0.25, 0.3) is 0 Å². The molecule has 0 radical (unpaired) electrons. The van der Waals surface area contributed by atoms with Gasteiger partial charge in [-0.2, -0.15) is 0 Å². The van der Waals surface area contributed by atoms with Crippen LogP contribution >= 0.6 is 0 Å². The van der Waals surface area contributed by atoms with Crippen LogP contribution in [0.25, 0.3) is 0 Å². The van der Waals surface area contributed by atoms with Gasteiger partial charge >= 0.3 is 5.97 Å². The first-order valence-corrected chi connectivity index (χ1v) is 12.4. The average molecular weight is 431 g/mol. The highest BCUT2D eigenvalue weighted by Gasteiger charge is 2.54. The molecule has 4 unspecified atom stereocenters. The molecule has 31 heavy (non-hydrogen) atoms. The monoisotopic (exact) mass is 430 g/mol. The Labute approximate surface area is 188 Å². The third-order valence-corrected chi connectivity index (χ3v) is 7.32. The van der Waals surface area contributed by atoms with Gasteiger partial charge in [0.2, 0.25) is 0 Å². The van der Waals surface area contributed by atoms with Gasteiger partial charge in [-0.15, -0.1) is 0 Å². The van der Waals surface area contributed by atoms with E-state index in [9.17, 15) is 19.8 Å². The Bertz CT molecular complexity index is 671.